The molecule has 0 spiro atoms. The molecule has 1 aliphatic heterocycles. The standard InChI is InChI=1S/C22H33NO2/c1-13(2)20(25)17-12-19(24)23-18-8-7-14-15-6-5-10-21(15,3)11-9-16(14)22(17,18)4/h12-16,18H,5-11H2,1-4H3,(H,23,24)/t14-,15-,16-,18+,21-,22-/m0/s1. The van der Waals surface area contributed by atoms with Gasteiger partial charge in [0.15, 0.2) is 5.78 Å². The molecule has 138 valence electrons. The first-order chi connectivity index (χ1) is 11.8. The number of rotatable bonds is 2. The number of amides is 1. The zero-order chi connectivity index (χ0) is 18.0. The van der Waals surface area contributed by atoms with Crippen molar-refractivity contribution in [1.82, 2.24) is 5.32 Å². The van der Waals surface area contributed by atoms with E-state index in [0.717, 1.165) is 23.8 Å². The molecule has 3 heteroatoms. The molecular formula is C22H33NO2. The highest BCUT2D eigenvalue weighted by Gasteiger charge is 2.60. The molecule has 25 heavy (non-hydrogen) atoms. The van der Waals surface area contributed by atoms with Crippen LogP contribution >= 0.6 is 0 Å². The minimum absolute atomic E-state index is 0.0460. The van der Waals surface area contributed by atoms with E-state index in [1.165, 1.54) is 38.5 Å². The van der Waals surface area contributed by atoms with E-state index < -0.39 is 0 Å². The van der Waals surface area contributed by atoms with Gasteiger partial charge in [0.2, 0.25) is 5.91 Å². The molecule has 4 rings (SSSR count). The monoisotopic (exact) mass is 343 g/mol. The van der Waals surface area contributed by atoms with Gasteiger partial charge in [-0.1, -0.05) is 34.1 Å². The Morgan fingerprint density at radius 3 is 2.60 bits per heavy atom. The topological polar surface area (TPSA) is 46.2 Å². The number of nitrogens with one attached hydrogen (secondary N) is 1. The van der Waals surface area contributed by atoms with Gasteiger partial charge in [-0.25, -0.2) is 0 Å². The van der Waals surface area contributed by atoms with Crippen LogP contribution in [0, 0.1) is 34.5 Å². The van der Waals surface area contributed by atoms with Gasteiger partial charge in [-0.2, -0.15) is 0 Å². The second-order valence-electron chi connectivity index (χ2n) is 9.96. The molecule has 0 unspecified atom stereocenters. The molecule has 4 aliphatic rings. The summed E-state index contributed by atoms with van der Waals surface area (Å²) in [6.07, 6.45) is 10.5. The van der Waals surface area contributed by atoms with Gasteiger partial charge in [0.25, 0.3) is 0 Å². The molecule has 0 saturated heterocycles. The van der Waals surface area contributed by atoms with Gasteiger partial charge in [-0.05, 0) is 61.7 Å². The Morgan fingerprint density at radius 2 is 1.88 bits per heavy atom. The molecule has 0 bridgehead atoms. The van der Waals surface area contributed by atoms with Gasteiger partial charge in [-0.15, -0.1) is 0 Å². The van der Waals surface area contributed by atoms with Gasteiger partial charge < -0.3 is 5.32 Å². The molecule has 3 nitrogen and oxygen atoms in total. The molecule has 6 atom stereocenters. The summed E-state index contributed by atoms with van der Waals surface area (Å²) >= 11 is 0. The summed E-state index contributed by atoms with van der Waals surface area (Å²) in [4.78, 5) is 25.3. The van der Waals surface area contributed by atoms with Crippen LogP contribution in [0.3, 0.4) is 0 Å². The Kier molecular flexibility index (Phi) is 3.94. The Labute approximate surface area is 152 Å². The summed E-state index contributed by atoms with van der Waals surface area (Å²) in [7, 11) is 0. The van der Waals surface area contributed by atoms with Crippen molar-refractivity contribution in [2.45, 2.75) is 78.7 Å². The van der Waals surface area contributed by atoms with Crippen molar-refractivity contribution in [3.05, 3.63) is 11.6 Å². The predicted octanol–water partition coefficient (Wildman–Crippen LogP) is 4.27. The Morgan fingerprint density at radius 1 is 1.12 bits per heavy atom. The van der Waals surface area contributed by atoms with Crippen molar-refractivity contribution in [2.24, 2.45) is 34.5 Å². The van der Waals surface area contributed by atoms with Crippen molar-refractivity contribution in [3.8, 4) is 0 Å². The molecule has 0 radical (unpaired) electrons. The number of carbonyl (C=O) groups is 2. The van der Waals surface area contributed by atoms with Gasteiger partial charge in [-0.3, -0.25) is 9.59 Å². The average Bonchev–Trinajstić information content (AvgIpc) is 2.96. The third-order valence-corrected chi connectivity index (χ3v) is 8.46. The lowest BCUT2D eigenvalue weighted by Gasteiger charge is -2.59. The highest BCUT2D eigenvalue weighted by atomic mass is 16.2. The number of Topliss-reactive ketones (excluding diaryl/α,β-unsaturated/α-hetero) is 1. The van der Waals surface area contributed by atoms with E-state index in [1.54, 1.807) is 6.08 Å². The van der Waals surface area contributed by atoms with Crippen LogP contribution in [0.25, 0.3) is 0 Å². The molecule has 0 aromatic carbocycles. The summed E-state index contributed by atoms with van der Waals surface area (Å²) in [5.74, 6) is 2.15. The highest BCUT2D eigenvalue weighted by Crippen LogP contribution is 2.64. The Bertz CT molecular complexity index is 636. The summed E-state index contributed by atoms with van der Waals surface area (Å²) in [5, 5.41) is 3.22. The summed E-state index contributed by atoms with van der Waals surface area (Å²) < 4.78 is 0. The molecule has 0 aromatic heterocycles. The van der Waals surface area contributed by atoms with Gasteiger partial charge in [0.1, 0.15) is 0 Å². The smallest absolute Gasteiger partial charge is 0.244 e. The third-order valence-electron chi connectivity index (χ3n) is 8.46. The van der Waals surface area contributed by atoms with E-state index in [1.807, 2.05) is 13.8 Å². The first kappa shape index (κ1) is 17.3. The van der Waals surface area contributed by atoms with Crippen LogP contribution in [-0.2, 0) is 9.59 Å². The van der Waals surface area contributed by atoms with E-state index in [4.69, 9.17) is 0 Å². The SMILES string of the molecule is CC(C)C(=O)C1=CC(=O)N[C@@H]2CC[C@H]3[C@@H]4CCC[C@@]4(C)CC[C@@H]3[C@@]12C. The first-order valence-electron chi connectivity index (χ1n) is 10.3. The first-order valence-corrected chi connectivity index (χ1v) is 10.3. The number of hydrogen-bond donors (Lipinski definition) is 1. The molecule has 3 aliphatic carbocycles. The lowest BCUT2D eigenvalue weighted by Crippen LogP contribution is -2.61. The maximum atomic E-state index is 13.0. The highest BCUT2D eigenvalue weighted by molar-refractivity contribution is 6.05. The summed E-state index contributed by atoms with van der Waals surface area (Å²) in [5.41, 5.74) is 1.17. The average molecular weight is 344 g/mol. The van der Waals surface area contributed by atoms with Crippen LogP contribution in [0.4, 0.5) is 0 Å². The van der Waals surface area contributed by atoms with Crippen LogP contribution in [0.15, 0.2) is 11.6 Å². The molecule has 1 heterocycles. The molecule has 3 saturated carbocycles. The van der Waals surface area contributed by atoms with E-state index >= 15 is 0 Å². The zero-order valence-electron chi connectivity index (χ0n) is 16.2. The molecule has 1 N–H and O–H groups in total. The fraction of sp³-hybridized carbons (Fsp3) is 0.818. The van der Waals surface area contributed by atoms with E-state index in [-0.39, 0.29) is 29.1 Å². The molecule has 0 aromatic rings. The van der Waals surface area contributed by atoms with Crippen molar-refractivity contribution >= 4 is 11.7 Å². The molecule has 1 amide bonds. The Hall–Kier alpha value is -1.12. The lowest BCUT2D eigenvalue weighted by molar-refractivity contribution is -0.129. The quantitative estimate of drug-likeness (QED) is 0.814. The summed E-state index contributed by atoms with van der Waals surface area (Å²) in [6, 6.07) is 0.134. The number of carbonyl (C=O) groups excluding carboxylic acids is 2. The van der Waals surface area contributed by atoms with E-state index in [2.05, 4.69) is 19.2 Å². The van der Waals surface area contributed by atoms with Crippen LogP contribution in [0.2, 0.25) is 0 Å². The third kappa shape index (κ3) is 2.37. The fourth-order valence-corrected chi connectivity index (χ4v) is 7.10. The number of ketones is 1. The van der Waals surface area contributed by atoms with E-state index in [0.29, 0.717) is 11.3 Å². The minimum Gasteiger partial charge on any atom is -0.349 e. The van der Waals surface area contributed by atoms with Crippen molar-refractivity contribution in [2.75, 3.05) is 0 Å². The van der Waals surface area contributed by atoms with Crippen LogP contribution < -0.4 is 5.32 Å². The maximum Gasteiger partial charge on any atom is 0.244 e. The van der Waals surface area contributed by atoms with E-state index in [9.17, 15) is 9.59 Å². The fourth-order valence-electron chi connectivity index (χ4n) is 7.10. The van der Waals surface area contributed by atoms with Gasteiger partial charge in [0.05, 0.1) is 0 Å². The van der Waals surface area contributed by atoms with Gasteiger partial charge >= 0.3 is 0 Å². The van der Waals surface area contributed by atoms with Crippen LogP contribution in [-0.4, -0.2) is 17.7 Å². The van der Waals surface area contributed by atoms with Crippen LogP contribution in [0.5, 0.6) is 0 Å². The van der Waals surface area contributed by atoms with Crippen molar-refractivity contribution in [1.29, 1.82) is 0 Å². The summed E-state index contributed by atoms with van der Waals surface area (Å²) in [6.45, 7) is 8.72. The second kappa shape index (κ2) is 5.69. The van der Waals surface area contributed by atoms with Crippen molar-refractivity contribution in [3.63, 3.8) is 0 Å². The lowest BCUT2D eigenvalue weighted by atomic mass is 9.46. The zero-order valence-corrected chi connectivity index (χ0v) is 16.2. The predicted molar refractivity (Wildman–Crippen MR) is 98.9 cm³/mol. The number of fused-ring (bicyclic) bond motifs is 5. The van der Waals surface area contributed by atoms with Crippen molar-refractivity contribution < 1.29 is 9.59 Å². The minimum atomic E-state index is -0.178. The second-order valence-corrected chi connectivity index (χ2v) is 9.96. The maximum absolute atomic E-state index is 13.0. The molecular weight excluding hydrogens is 310 g/mol. The normalized spacial score (nSPS) is 46.0. The number of hydrogen-bond acceptors (Lipinski definition) is 2. The molecule has 3 fully saturated rings. The Balaban J connectivity index is 1.76. The van der Waals surface area contributed by atoms with Gasteiger partial charge in [0, 0.05) is 29.0 Å². The van der Waals surface area contributed by atoms with Crippen LogP contribution in [0.1, 0.15) is 72.6 Å². The largest absolute Gasteiger partial charge is 0.349 e.